The molecule has 0 radical (unpaired) electrons. The number of aromatic nitrogens is 4. The quantitative estimate of drug-likeness (QED) is 0.0744. The maximum absolute atomic E-state index is 4.62. The van der Waals surface area contributed by atoms with Crippen molar-refractivity contribution >= 4 is 21.6 Å². The molecule has 6 rings (SSSR count). The van der Waals surface area contributed by atoms with Crippen LogP contribution in [-0.2, 0) is 52.4 Å². The zero-order chi connectivity index (χ0) is 39.3. The van der Waals surface area contributed by atoms with Gasteiger partial charge in [-0.05, 0) is 113 Å². The predicted octanol–water partition coefficient (Wildman–Crippen LogP) is 9.21. The Labute approximate surface area is 341 Å². The normalized spacial score (nSPS) is 11.7. The van der Waals surface area contributed by atoms with Crippen LogP contribution in [0, 0.1) is 13.8 Å². The molecule has 56 heavy (non-hydrogen) atoms. The molecule has 0 amide bonds. The zero-order valence-electron chi connectivity index (χ0n) is 33.6. The van der Waals surface area contributed by atoms with Gasteiger partial charge in [0.25, 0.3) is 0 Å². The van der Waals surface area contributed by atoms with Gasteiger partial charge in [-0.2, -0.15) is 0 Å². The van der Waals surface area contributed by atoms with Crippen LogP contribution in [0.25, 0.3) is 0 Å². The van der Waals surface area contributed by atoms with Gasteiger partial charge in [-0.15, -0.1) is 0 Å². The molecule has 0 atom stereocenters. The highest BCUT2D eigenvalue weighted by Gasteiger charge is 2.20. The van der Waals surface area contributed by atoms with Gasteiger partial charge in [0.1, 0.15) is 0 Å². The highest BCUT2D eigenvalue weighted by atomic mass is 33.1. The van der Waals surface area contributed by atoms with Gasteiger partial charge in [-0.3, -0.25) is 39.5 Å². The second kappa shape index (κ2) is 20.7. The fourth-order valence-corrected chi connectivity index (χ4v) is 9.96. The first-order chi connectivity index (χ1) is 27.2. The lowest BCUT2D eigenvalue weighted by molar-refractivity contribution is 0.305. The van der Waals surface area contributed by atoms with E-state index in [1.54, 1.807) is 0 Å². The van der Waals surface area contributed by atoms with Crippen molar-refractivity contribution in [2.24, 2.45) is 0 Å². The summed E-state index contributed by atoms with van der Waals surface area (Å²) >= 11 is 0. The Balaban J connectivity index is 1.34. The predicted molar refractivity (Wildman–Crippen MR) is 232 cm³/mol. The summed E-state index contributed by atoms with van der Waals surface area (Å²) in [5.74, 6) is 0. The zero-order valence-corrected chi connectivity index (χ0v) is 35.2. The van der Waals surface area contributed by atoms with Gasteiger partial charge in [-0.25, -0.2) is 0 Å². The van der Waals surface area contributed by atoms with Gasteiger partial charge in [-0.1, -0.05) is 81.2 Å². The third-order valence-corrected chi connectivity index (χ3v) is 12.1. The molecule has 0 saturated carbocycles. The van der Waals surface area contributed by atoms with Crippen molar-refractivity contribution in [3.63, 3.8) is 0 Å². The molecule has 0 bridgehead atoms. The molecule has 0 aliphatic heterocycles. The Bertz CT molecular complexity index is 1810. The molecule has 0 fully saturated rings. The van der Waals surface area contributed by atoms with E-state index in [-0.39, 0.29) is 0 Å². The molecule has 6 aromatic rings. The average Bonchev–Trinajstić information content (AvgIpc) is 3.16. The monoisotopic (exact) mass is 782 g/mol. The van der Waals surface area contributed by atoms with Crippen LogP contribution in [0.4, 0.5) is 0 Å². The third-order valence-electron chi connectivity index (χ3n) is 9.38. The summed E-state index contributed by atoms with van der Waals surface area (Å²) in [4.78, 5) is 30.6. The Kier molecular flexibility index (Phi) is 15.2. The van der Waals surface area contributed by atoms with E-state index in [4.69, 9.17) is 0 Å². The first kappa shape index (κ1) is 41.2. The topological polar surface area (TPSA) is 64.5 Å². The van der Waals surface area contributed by atoms with Crippen LogP contribution in [0.5, 0.6) is 0 Å². The van der Waals surface area contributed by atoms with E-state index in [1.165, 1.54) is 43.2 Å². The van der Waals surface area contributed by atoms with E-state index in [1.807, 2.05) is 70.6 Å². The second-order valence-corrected chi connectivity index (χ2v) is 17.1. The molecule has 4 aromatic heterocycles. The number of benzene rings is 2. The Morgan fingerprint density at radius 2 is 0.625 bits per heavy atom. The Hall–Kier alpha value is -4.42. The van der Waals surface area contributed by atoms with Crippen LogP contribution in [0.15, 0.2) is 132 Å². The van der Waals surface area contributed by atoms with Crippen molar-refractivity contribution < 1.29 is 0 Å². The smallest absolute Gasteiger partial charge is 0.0543 e. The molecule has 0 N–H and O–H groups in total. The molecule has 8 nitrogen and oxygen atoms in total. The summed E-state index contributed by atoms with van der Waals surface area (Å²) in [6, 6.07) is 34.1. The standard InChI is InChI=1S/C46H54N8S2/c1-35-23-37(27-51(3)31-41-15-7-11-19-47-41)45(38(24-35)28-52(4)32-42-16-8-12-20-48-42)55-56-46-39(29-53(5)33-43-17-9-13-21-49-43)25-36(2)26-40(46)30-54(6)34-44-18-10-14-22-50-44/h7-26H,27-34H2,1-6H3. The summed E-state index contributed by atoms with van der Waals surface area (Å²) in [5.41, 5.74) is 12.1. The van der Waals surface area contributed by atoms with Crippen LogP contribution >= 0.6 is 21.6 Å². The van der Waals surface area contributed by atoms with Crippen LogP contribution in [-0.4, -0.2) is 67.7 Å². The number of hydrogen-bond donors (Lipinski definition) is 0. The lowest BCUT2D eigenvalue weighted by Gasteiger charge is -2.25. The highest BCUT2D eigenvalue weighted by molar-refractivity contribution is 8.76. The molecule has 290 valence electrons. The summed E-state index contributed by atoms with van der Waals surface area (Å²) in [7, 11) is 12.6. The van der Waals surface area contributed by atoms with Gasteiger partial charge in [0.15, 0.2) is 0 Å². The molecular weight excluding hydrogens is 729 g/mol. The van der Waals surface area contributed by atoms with Gasteiger partial charge in [0, 0.05) is 86.9 Å². The summed E-state index contributed by atoms with van der Waals surface area (Å²) in [6.45, 7) is 10.8. The molecule has 0 aliphatic rings. The minimum Gasteiger partial charge on any atom is -0.296 e. The van der Waals surface area contributed by atoms with Crippen molar-refractivity contribution in [1.82, 2.24) is 39.5 Å². The highest BCUT2D eigenvalue weighted by Crippen LogP contribution is 2.45. The fraction of sp³-hybridized carbons (Fsp3) is 0.304. The van der Waals surface area contributed by atoms with Crippen LogP contribution in [0.3, 0.4) is 0 Å². The van der Waals surface area contributed by atoms with E-state index in [0.29, 0.717) is 0 Å². The van der Waals surface area contributed by atoms with Crippen LogP contribution < -0.4 is 0 Å². The van der Waals surface area contributed by atoms with Gasteiger partial charge >= 0.3 is 0 Å². The number of hydrogen-bond acceptors (Lipinski definition) is 10. The lowest BCUT2D eigenvalue weighted by atomic mass is 10.0. The molecular formula is C46H54N8S2. The third kappa shape index (κ3) is 12.5. The molecule has 0 spiro atoms. The van der Waals surface area contributed by atoms with E-state index in [0.717, 1.165) is 75.1 Å². The summed E-state index contributed by atoms with van der Waals surface area (Å²) in [5, 5.41) is 0. The van der Waals surface area contributed by atoms with Crippen molar-refractivity contribution in [3.8, 4) is 0 Å². The van der Waals surface area contributed by atoms with Crippen LogP contribution in [0.2, 0.25) is 0 Å². The lowest BCUT2D eigenvalue weighted by Crippen LogP contribution is -2.21. The molecule has 4 heterocycles. The Morgan fingerprint density at radius 3 is 0.839 bits per heavy atom. The molecule has 0 saturated heterocycles. The number of nitrogens with zero attached hydrogens (tertiary/aromatic N) is 8. The molecule has 0 aliphatic carbocycles. The van der Waals surface area contributed by atoms with E-state index >= 15 is 0 Å². The van der Waals surface area contributed by atoms with Crippen molar-refractivity contribution in [2.75, 3.05) is 28.2 Å². The number of rotatable bonds is 19. The Morgan fingerprint density at radius 1 is 0.375 bits per heavy atom. The second-order valence-electron chi connectivity index (χ2n) is 15.0. The molecule has 0 unspecified atom stereocenters. The number of pyridine rings is 4. The molecule has 2 aromatic carbocycles. The van der Waals surface area contributed by atoms with Crippen molar-refractivity contribution in [2.45, 2.75) is 76.0 Å². The first-order valence-electron chi connectivity index (χ1n) is 19.1. The SMILES string of the molecule is Cc1cc(CN(C)Cc2ccccn2)c(SSc2c(CN(C)Cc3ccccn3)cc(C)cc2CN(C)Cc2ccccn2)c(CN(C)Cc2ccccn2)c1. The van der Waals surface area contributed by atoms with E-state index in [9.17, 15) is 0 Å². The van der Waals surface area contributed by atoms with Gasteiger partial charge < -0.3 is 0 Å². The maximum atomic E-state index is 4.62. The molecule has 10 heteroatoms. The van der Waals surface area contributed by atoms with Crippen molar-refractivity contribution in [3.05, 3.63) is 178 Å². The fourth-order valence-electron chi connectivity index (χ4n) is 7.08. The average molecular weight is 783 g/mol. The largest absolute Gasteiger partial charge is 0.296 e. The van der Waals surface area contributed by atoms with Gasteiger partial charge in [0.2, 0.25) is 0 Å². The first-order valence-corrected chi connectivity index (χ1v) is 21.3. The minimum atomic E-state index is 0.776. The van der Waals surface area contributed by atoms with E-state index < -0.39 is 0 Å². The summed E-state index contributed by atoms with van der Waals surface area (Å²) < 4.78 is 0. The van der Waals surface area contributed by atoms with Crippen molar-refractivity contribution in [1.29, 1.82) is 0 Å². The van der Waals surface area contributed by atoms with E-state index in [2.05, 4.69) is 154 Å². The van der Waals surface area contributed by atoms with Crippen LogP contribution in [0.1, 0.15) is 56.2 Å². The minimum absolute atomic E-state index is 0.776. The number of aryl methyl sites for hydroxylation is 2. The maximum Gasteiger partial charge on any atom is 0.0543 e. The van der Waals surface area contributed by atoms with Gasteiger partial charge in [0.05, 0.1) is 22.8 Å². The summed E-state index contributed by atoms with van der Waals surface area (Å²) in [6.07, 6.45) is 7.51.